The van der Waals surface area contributed by atoms with E-state index in [0.717, 1.165) is 116 Å². The average molecular weight is 1100 g/mol. The van der Waals surface area contributed by atoms with Crippen molar-refractivity contribution in [2.75, 3.05) is 13.2 Å². The standard InChI is InChI=1S/C73H128O6/c1-4-7-10-13-16-19-22-25-28-30-31-32-33-34-35-36-37-38-39-40-41-43-45-48-51-54-57-60-63-66-72(75)78-69-70(68-77-71(74)65-62-59-56-53-50-47-44-27-24-21-18-15-12-9-6-3)79-73(76)67-64-61-58-55-52-49-46-42-29-26-23-20-17-14-11-8-5-2/h9,12,17-18,20-22,25-27,29-31,44,70H,4-8,10-11,13-16,19,23-24,28,32-43,45-69H2,1-3H3/b12-9-,20-17-,21-18-,25-22-,29-26-,31-30-,44-27-. The Morgan fingerprint density at radius 2 is 0.494 bits per heavy atom. The minimum absolute atomic E-state index is 0.0832. The molecule has 0 aliphatic carbocycles. The molecule has 0 aromatic rings. The minimum atomic E-state index is -0.789. The predicted octanol–water partition coefficient (Wildman–Crippen LogP) is 23.4. The lowest BCUT2D eigenvalue weighted by molar-refractivity contribution is -0.167. The fourth-order valence-corrected chi connectivity index (χ4v) is 9.76. The molecule has 0 saturated carbocycles. The summed E-state index contributed by atoms with van der Waals surface area (Å²) in [6.07, 6.45) is 88.9. The largest absolute Gasteiger partial charge is 0.462 e. The fourth-order valence-electron chi connectivity index (χ4n) is 9.76. The van der Waals surface area contributed by atoms with Crippen molar-refractivity contribution in [3.8, 4) is 0 Å². The highest BCUT2D eigenvalue weighted by Crippen LogP contribution is 2.17. The summed E-state index contributed by atoms with van der Waals surface area (Å²) >= 11 is 0. The van der Waals surface area contributed by atoms with E-state index in [-0.39, 0.29) is 31.1 Å². The molecular weight excluding hydrogens is 973 g/mol. The van der Waals surface area contributed by atoms with Crippen LogP contribution in [0.15, 0.2) is 85.1 Å². The third kappa shape index (κ3) is 65.3. The molecule has 0 spiro atoms. The van der Waals surface area contributed by atoms with Crippen molar-refractivity contribution in [2.24, 2.45) is 0 Å². The van der Waals surface area contributed by atoms with Crippen molar-refractivity contribution in [1.29, 1.82) is 0 Å². The van der Waals surface area contributed by atoms with Crippen LogP contribution in [-0.4, -0.2) is 37.2 Å². The van der Waals surface area contributed by atoms with E-state index in [1.54, 1.807) is 0 Å². The second-order valence-electron chi connectivity index (χ2n) is 22.7. The summed E-state index contributed by atoms with van der Waals surface area (Å²) in [5.41, 5.74) is 0. The van der Waals surface area contributed by atoms with Crippen molar-refractivity contribution in [3.63, 3.8) is 0 Å². The molecule has 0 radical (unpaired) electrons. The molecule has 0 amide bonds. The lowest BCUT2D eigenvalue weighted by Gasteiger charge is -2.18. The SMILES string of the molecule is CC/C=C\C/C=C\C/C=C\CCCCCCCC(=O)OCC(COC(=O)CCCCCCCCCCCCCCCCCCC/C=C\C/C=C\CCCCCCC)OC(=O)CCCCCCCCC/C=C\C/C=C\CCCCC. The molecule has 0 rings (SSSR count). The smallest absolute Gasteiger partial charge is 0.306 e. The Morgan fingerprint density at radius 3 is 0.797 bits per heavy atom. The first-order valence-corrected chi connectivity index (χ1v) is 34.1. The summed E-state index contributed by atoms with van der Waals surface area (Å²) in [4.78, 5) is 38.4. The highest BCUT2D eigenvalue weighted by Gasteiger charge is 2.19. The second-order valence-corrected chi connectivity index (χ2v) is 22.7. The predicted molar refractivity (Wildman–Crippen MR) is 344 cm³/mol. The summed E-state index contributed by atoms with van der Waals surface area (Å²) in [5, 5.41) is 0. The van der Waals surface area contributed by atoms with Crippen LogP contribution in [0.4, 0.5) is 0 Å². The maximum atomic E-state index is 12.9. The van der Waals surface area contributed by atoms with E-state index in [1.165, 1.54) is 186 Å². The second kappa shape index (κ2) is 67.1. The minimum Gasteiger partial charge on any atom is -0.462 e. The Morgan fingerprint density at radius 1 is 0.266 bits per heavy atom. The third-order valence-electron chi connectivity index (χ3n) is 14.9. The molecule has 0 saturated heterocycles. The zero-order valence-corrected chi connectivity index (χ0v) is 52.4. The van der Waals surface area contributed by atoms with Crippen molar-refractivity contribution < 1.29 is 28.6 Å². The molecular formula is C73H128O6. The maximum absolute atomic E-state index is 12.9. The first-order valence-electron chi connectivity index (χ1n) is 34.1. The van der Waals surface area contributed by atoms with Crippen LogP contribution >= 0.6 is 0 Å². The van der Waals surface area contributed by atoms with Crippen molar-refractivity contribution in [3.05, 3.63) is 85.1 Å². The van der Waals surface area contributed by atoms with Crippen LogP contribution in [0, 0.1) is 0 Å². The molecule has 0 aliphatic heterocycles. The molecule has 0 aromatic carbocycles. The van der Waals surface area contributed by atoms with Gasteiger partial charge in [-0.15, -0.1) is 0 Å². The highest BCUT2D eigenvalue weighted by atomic mass is 16.6. The molecule has 0 bridgehead atoms. The quantitative estimate of drug-likeness (QED) is 0.0261. The van der Waals surface area contributed by atoms with Crippen LogP contribution in [0.1, 0.15) is 342 Å². The number of rotatable bonds is 62. The van der Waals surface area contributed by atoms with E-state index in [1.807, 2.05) is 0 Å². The highest BCUT2D eigenvalue weighted by molar-refractivity contribution is 5.71. The van der Waals surface area contributed by atoms with Crippen LogP contribution in [0.3, 0.4) is 0 Å². The van der Waals surface area contributed by atoms with Gasteiger partial charge in [-0.05, 0) is 116 Å². The van der Waals surface area contributed by atoms with Gasteiger partial charge in [0.25, 0.3) is 0 Å². The zero-order chi connectivity index (χ0) is 57.1. The topological polar surface area (TPSA) is 78.9 Å². The van der Waals surface area contributed by atoms with Gasteiger partial charge >= 0.3 is 17.9 Å². The van der Waals surface area contributed by atoms with Gasteiger partial charge in [-0.25, -0.2) is 0 Å². The fraction of sp³-hybridized carbons (Fsp3) is 0.767. The normalized spacial score (nSPS) is 12.6. The van der Waals surface area contributed by atoms with Gasteiger partial charge in [0.15, 0.2) is 6.10 Å². The molecule has 0 N–H and O–H groups in total. The number of carbonyl (C=O) groups excluding carboxylic acids is 3. The molecule has 0 fully saturated rings. The summed E-state index contributed by atoms with van der Waals surface area (Å²) in [6.45, 7) is 6.51. The van der Waals surface area contributed by atoms with E-state index < -0.39 is 6.10 Å². The van der Waals surface area contributed by atoms with Crippen LogP contribution in [-0.2, 0) is 28.6 Å². The van der Waals surface area contributed by atoms with Crippen LogP contribution in [0.5, 0.6) is 0 Å². The molecule has 1 atom stereocenters. The molecule has 6 heteroatoms. The van der Waals surface area contributed by atoms with Crippen molar-refractivity contribution in [1.82, 2.24) is 0 Å². The van der Waals surface area contributed by atoms with Crippen LogP contribution < -0.4 is 0 Å². The number of allylic oxidation sites excluding steroid dienone is 14. The van der Waals surface area contributed by atoms with Gasteiger partial charge in [0.1, 0.15) is 13.2 Å². The van der Waals surface area contributed by atoms with Gasteiger partial charge in [0.05, 0.1) is 0 Å². The summed E-state index contributed by atoms with van der Waals surface area (Å²) in [6, 6.07) is 0. The van der Waals surface area contributed by atoms with Crippen LogP contribution in [0.25, 0.3) is 0 Å². The molecule has 1 unspecified atom stereocenters. The van der Waals surface area contributed by atoms with Crippen molar-refractivity contribution >= 4 is 17.9 Å². The summed E-state index contributed by atoms with van der Waals surface area (Å²) < 4.78 is 16.9. The van der Waals surface area contributed by atoms with Gasteiger partial charge in [-0.1, -0.05) is 292 Å². The van der Waals surface area contributed by atoms with Crippen molar-refractivity contribution in [2.45, 2.75) is 348 Å². The molecule has 79 heavy (non-hydrogen) atoms. The molecule has 6 nitrogen and oxygen atoms in total. The monoisotopic (exact) mass is 1100 g/mol. The number of hydrogen-bond acceptors (Lipinski definition) is 6. The van der Waals surface area contributed by atoms with E-state index in [4.69, 9.17) is 14.2 Å². The van der Waals surface area contributed by atoms with Gasteiger partial charge in [0, 0.05) is 19.3 Å². The lowest BCUT2D eigenvalue weighted by Crippen LogP contribution is -2.30. The number of hydrogen-bond donors (Lipinski definition) is 0. The van der Waals surface area contributed by atoms with E-state index in [9.17, 15) is 14.4 Å². The summed E-state index contributed by atoms with van der Waals surface area (Å²) in [5.74, 6) is -0.894. The molecule has 0 heterocycles. The first kappa shape index (κ1) is 75.6. The molecule has 456 valence electrons. The van der Waals surface area contributed by atoms with E-state index >= 15 is 0 Å². The Balaban J connectivity index is 4.25. The number of esters is 3. The first-order chi connectivity index (χ1) is 39.0. The lowest BCUT2D eigenvalue weighted by atomic mass is 10.0. The number of unbranched alkanes of at least 4 members (excludes halogenated alkanes) is 37. The Labute approximate surface area is 490 Å². The number of ether oxygens (including phenoxy) is 3. The van der Waals surface area contributed by atoms with Gasteiger partial charge < -0.3 is 14.2 Å². The zero-order valence-electron chi connectivity index (χ0n) is 52.4. The van der Waals surface area contributed by atoms with E-state index in [0.29, 0.717) is 19.3 Å². The maximum Gasteiger partial charge on any atom is 0.306 e. The Hall–Kier alpha value is -3.41. The Kier molecular flexibility index (Phi) is 64.2. The molecule has 0 aromatic heterocycles. The van der Waals surface area contributed by atoms with Gasteiger partial charge in [0.2, 0.25) is 0 Å². The number of carbonyl (C=O) groups is 3. The van der Waals surface area contributed by atoms with Crippen LogP contribution in [0.2, 0.25) is 0 Å². The van der Waals surface area contributed by atoms with E-state index in [2.05, 4.69) is 106 Å². The van der Waals surface area contributed by atoms with Gasteiger partial charge in [-0.2, -0.15) is 0 Å². The third-order valence-corrected chi connectivity index (χ3v) is 14.9. The average Bonchev–Trinajstić information content (AvgIpc) is 3.45. The molecule has 0 aliphatic rings. The summed E-state index contributed by atoms with van der Waals surface area (Å²) in [7, 11) is 0. The Bertz CT molecular complexity index is 1500. The van der Waals surface area contributed by atoms with Gasteiger partial charge in [-0.3, -0.25) is 14.4 Å².